The summed E-state index contributed by atoms with van der Waals surface area (Å²) < 4.78 is 39.4. The number of aromatic nitrogens is 1. The summed E-state index contributed by atoms with van der Waals surface area (Å²) in [6, 6.07) is 5.10. The van der Waals surface area contributed by atoms with Crippen molar-refractivity contribution in [3.63, 3.8) is 0 Å². The van der Waals surface area contributed by atoms with Crippen LogP contribution >= 0.6 is 11.6 Å². The molecule has 2 nitrogen and oxygen atoms in total. The summed E-state index contributed by atoms with van der Waals surface area (Å²) in [6.45, 7) is 4.70. The monoisotopic (exact) mass is 316 g/mol. The van der Waals surface area contributed by atoms with Gasteiger partial charge in [-0.3, -0.25) is 4.98 Å². The molecular formula is C15H16ClF3N2. The normalized spacial score (nSPS) is 15.0. The van der Waals surface area contributed by atoms with Gasteiger partial charge in [-0.15, -0.1) is 0 Å². The van der Waals surface area contributed by atoms with Gasteiger partial charge in [-0.25, -0.2) is 4.99 Å². The molecule has 114 valence electrons. The molecule has 0 atom stereocenters. The van der Waals surface area contributed by atoms with Gasteiger partial charge in [0.25, 0.3) is 0 Å². The predicted octanol–water partition coefficient (Wildman–Crippen LogP) is 5.26. The Morgan fingerprint density at radius 3 is 2.48 bits per heavy atom. The Morgan fingerprint density at radius 2 is 2.00 bits per heavy atom. The third-order valence-corrected chi connectivity index (χ3v) is 2.97. The summed E-state index contributed by atoms with van der Waals surface area (Å²) in [5.41, 5.74) is -0.0465. The molecular weight excluding hydrogens is 301 g/mol. The highest BCUT2D eigenvalue weighted by molar-refractivity contribution is 6.31. The van der Waals surface area contributed by atoms with Crippen molar-refractivity contribution in [3.8, 4) is 0 Å². The minimum absolute atomic E-state index is 0.0626. The molecule has 1 rings (SSSR count). The van der Waals surface area contributed by atoms with E-state index >= 15 is 0 Å². The molecule has 0 bridgehead atoms. The molecule has 0 aromatic carbocycles. The lowest BCUT2D eigenvalue weighted by Gasteiger charge is -2.13. The lowest BCUT2D eigenvalue weighted by Crippen LogP contribution is -2.14. The Hall–Kier alpha value is -1.62. The second kappa shape index (κ2) is 7.41. The fourth-order valence-corrected chi connectivity index (χ4v) is 2.13. The summed E-state index contributed by atoms with van der Waals surface area (Å²) in [5, 5.41) is -0.576. The number of hydrogen-bond acceptors (Lipinski definition) is 2. The van der Waals surface area contributed by atoms with Crippen molar-refractivity contribution in [2.24, 2.45) is 4.99 Å². The fraction of sp³-hybridized carbons (Fsp3) is 0.333. The van der Waals surface area contributed by atoms with Gasteiger partial charge in [0.2, 0.25) is 0 Å². The van der Waals surface area contributed by atoms with Gasteiger partial charge in [0.1, 0.15) is 5.16 Å². The molecule has 21 heavy (non-hydrogen) atoms. The standard InChI is InChI=1S/C15H16ClF3N2/c1-4-7-10(2)13(15(17,18)19)14(16)21-11(3)12-8-5-6-9-20-12/h5-9H,4H2,1-3H3/b10-7+,14-13+,21-11+. The molecule has 0 N–H and O–H groups in total. The second-order valence-electron chi connectivity index (χ2n) is 4.37. The molecule has 1 aromatic rings. The van der Waals surface area contributed by atoms with Crippen LogP contribution in [0, 0.1) is 0 Å². The summed E-state index contributed by atoms with van der Waals surface area (Å²) in [5.74, 6) is 0. The zero-order valence-corrected chi connectivity index (χ0v) is 12.8. The lowest BCUT2D eigenvalue weighted by molar-refractivity contribution is -0.0897. The maximum atomic E-state index is 13.1. The Kier molecular flexibility index (Phi) is 6.15. The van der Waals surface area contributed by atoms with Crippen molar-refractivity contribution in [2.75, 3.05) is 0 Å². The Morgan fingerprint density at radius 1 is 1.33 bits per heavy atom. The smallest absolute Gasteiger partial charge is 0.255 e. The van der Waals surface area contributed by atoms with Gasteiger partial charge in [-0.2, -0.15) is 13.2 Å². The van der Waals surface area contributed by atoms with E-state index in [2.05, 4.69) is 9.98 Å². The first kappa shape index (κ1) is 17.4. The molecule has 0 aliphatic carbocycles. The minimum Gasteiger partial charge on any atom is -0.255 e. The van der Waals surface area contributed by atoms with Crippen LogP contribution in [-0.4, -0.2) is 16.9 Å². The predicted molar refractivity (Wildman–Crippen MR) is 79.4 cm³/mol. The average Bonchev–Trinajstić information content (AvgIpc) is 2.38. The quantitative estimate of drug-likeness (QED) is 0.422. The van der Waals surface area contributed by atoms with Crippen LogP contribution in [0.3, 0.4) is 0 Å². The molecule has 0 unspecified atom stereocenters. The lowest BCUT2D eigenvalue weighted by atomic mass is 10.1. The number of rotatable bonds is 4. The van der Waals surface area contributed by atoms with E-state index < -0.39 is 16.9 Å². The van der Waals surface area contributed by atoms with Crippen LogP contribution in [0.1, 0.15) is 32.9 Å². The molecule has 1 aromatic heterocycles. The van der Waals surface area contributed by atoms with Gasteiger partial charge < -0.3 is 0 Å². The third kappa shape index (κ3) is 5.01. The Labute approximate surface area is 127 Å². The number of allylic oxidation sites excluding steroid dienone is 3. The minimum atomic E-state index is -4.55. The maximum Gasteiger partial charge on any atom is 0.419 e. The maximum absolute atomic E-state index is 13.1. The molecule has 0 aliphatic rings. The van der Waals surface area contributed by atoms with Crippen molar-refractivity contribution in [1.82, 2.24) is 4.98 Å². The highest BCUT2D eigenvalue weighted by Crippen LogP contribution is 2.35. The van der Waals surface area contributed by atoms with Crippen LogP contribution in [0.4, 0.5) is 13.2 Å². The summed E-state index contributed by atoms with van der Waals surface area (Å²) in [7, 11) is 0. The topological polar surface area (TPSA) is 25.2 Å². The van der Waals surface area contributed by atoms with Gasteiger partial charge in [0.05, 0.1) is 17.0 Å². The first-order chi connectivity index (χ1) is 9.77. The van der Waals surface area contributed by atoms with Gasteiger partial charge in [0.15, 0.2) is 0 Å². The number of halogens is 4. The molecule has 0 aliphatic heterocycles. The molecule has 6 heteroatoms. The molecule has 0 spiro atoms. The van der Waals surface area contributed by atoms with E-state index in [1.165, 1.54) is 13.0 Å². The van der Waals surface area contributed by atoms with Gasteiger partial charge >= 0.3 is 6.18 Å². The summed E-state index contributed by atoms with van der Waals surface area (Å²) in [6.07, 6.45) is -1.06. The fourth-order valence-electron chi connectivity index (χ4n) is 1.75. The second-order valence-corrected chi connectivity index (χ2v) is 4.73. The number of aliphatic imine (C=N–C) groups is 1. The van der Waals surface area contributed by atoms with Crippen LogP contribution in [0.2, 0.25) is 0 Å². The van der Waals surface area contributed by atoms with Crippen molar-refractivity contribution in [2.45, 2.75) is 33.4 Å². The number of hydrogen-bond donors (Lipinski definition) is 0. The number of nitrogens with zero attached hydrogens (tertiary/aromatic N) is 2. The van der Waals surface area contributed by atoms with Crippen LogP contribution in [0.25, 0.3) is 0 Å². The first-order valence-corrected chi connectivity index (χ1v) is 6.76. The van der Waals surface area contributed by atoms with Crippen LogP contribution in [0.5, 0.6) is 0 Å². The van der Waals surface area contributed by atoms with E-state index in [0.717, 1.165) is 0 Å². The highest BCUT2D eigenvalue weighted by atomic mass is 35.5. The van der Waals surface area contributed by atoms with E-state index in [0.29, 0.717) is 17.8 Å². The van der Waals surface area contributed by atoms with Crippen LogP contribution in [-0.2, 0) is 0 Å². The SMILES string of the molecule is CC/C=C(C)/C(=C(Cl)\N=C(/C)c1ccccn1)C(F)(F)F. The molecule has 0 fully saturated rings. The zero-order chi connectivity index (χ0) is 16.0. The number of alkyl halides is 3. The average molecular weight is 317 g/mol. The van der Waals surface area contributed by atoms with Crippen molar-refractivity contribution >= 4 is 17.3 Å². The number of pyridine rings is 1. The van der Waals surface area contributed by atoms with Crippen LogP contribution in [0.15, 0.2) is 51.8 Å². The Balaban J connectivity index is 3.32. The highest BCUT2D eigenvalue weighted by Gasteiger charge is 2.37. The molecule has 0 saturated carbocycles. The van der Waals surface area contributed by atoms with Crippen molar-refractivity contribution in [1.29, 1.82) is 0 Å². The largest absolute Gasteiger partial charge is 0.419 e. The van der Waals surface area contributed by atoms with E-state index in [1.54, 1.807) is 38.2 Å². The van der Waals surface area contributed by atoms with Gasteiger partial charge in [-0.1, -0.05) is 30.7 Å². The summed E-state index contributed by atoms with van der Waals surface area (Å²) >= 11 is 5.81. The molecule has 0 radical (unpaired) electrons. The van der Waals surface area contributed by atoms with Gasteiger partial charge in [-0.05, 0) is 38.0 Å². The van der Waals surface area contributed by atoms with Crippen molar-refractivity contribution in [3.05, 3.63) is 52.5 Å². The van der Waals surface area contributed by atoms with E-state index in [4.69, 9.17) is 11.6 Å². The molecule has 0 amide bonds. The van der Waals surface area contributed by atoms with E-state index in [1.807, 2.05) is 0 Å². The van der Waals surface area contributed by atoms with E-state index in [-0.39, 0.29) is 5.57 Å². The van der Waals surface area contributed by atoms with E-state index in [9.17, 15) is 13.2 Å². The summed E-state index contributed by atoms with van der Waals surface area (Å²) in [4.78, 5) is 7.88. The zero-order valence-electron chi connectivity index (χ0n) is 12.0. The third-order valence-electron chi connectivity index (χ3n) is 2.70. The molecule has 0 saturated heterocycles. The Bertz CT molecular complexity index is 572. The van der Waals surface area contributed by atoms with Crippen LogP contribution < -0.4 is 0 Å². The first-order valence-electron chi connectivity index (χ1n) is 6.38. The van der Waals surface area contributed by atoms with Crippen molar-refractivity contribution < 1.29 is 13.2 Å². The van der Waals surface area contributed by atoms with Gasteiger partial charge in [0, 0.05) is 6.20 Å². The molecule has 1 heterocycles.